The molecule has 0 aromatic rings. The van der Waals surface area contributed by atoms with Crippen LogP contribution in [0.4, 0.5) is 0 Å². The minimum Gasteiger partial charge on any atom is -0.394 e. The molecule has 0 spiro atoms. The molecule has 0 bridgehead atoms. The Morgan fingerprint density at radius 3 is 1.42 bits per heavy atom. The fourth-order valence-electron chi connectivity index (χ4n) is 5.18. The largest absolute Gasteiger partial charge is 0.394 e. The van der Waals surface area contributed by atoms with Gasteiger partial charge in [0.05, 0.1) is 18.8 Å². The predicted molar refractivity (Wildman–Crippen MR) is 188 cm³/mol. The first-order valence-corrected chi connectivity index (χ1v) is 18.4. The molecule has 0 saturated heterocycles. The molecular formula is C39H71NO3. The number of amides is 1. The maximum Gasteiger partial charge on any atom is 0.220 e. The van der Waals surface area contributed by atoms with Crippen LogP contribution in [0.3, 0.4) is 0 Å². The third-order valence-electron chi connectivity index (χ3n) is 8.06. The van der Waals surface area contributed by atoms with Crippen molar-refractivity contribution in [3.8, 4) is 0 Å². The van der Waals surface area contributed by atoms with Crippen LogP contribution in [0.1, 0.15) is 174 Å². The molecule has 4 nitrogen and oxygen atoms in total. The van der Waals surface area contributed by atoms with Crippen molar-refractivity contribution in [2.24, 2.45) is 0 Å². The highest BCUT2D eigenvalue weighted by Crippen LogP contribution is 2.12. The molecule has 4 heteroatoms. The number of hydrogen-bond donors (Lipinski definition) is 3. The monoisotopic (exact) mass is 602 g/mol. The standard InChI is InChI=1S/C39H71NO3/c1-3-5-7-9-11-13-14-15-16-17-18-19-20-21-22-23-24-25-26-27-29-31-33-35-39(43)40-37(36-41)38(42)34-32-30-28-12-10-8-6-4-2/h14-15,17-18,20-21,32,34,37-38,41-42H,3-13,16,19,22-31,33,35-36H2,1-2H3,(H,40,43)/b15-14-,18-17-,21-20-,34-32+. The van der Waals surface area contributed by atoms with Crippen LogP contribution < -0.4 is 5.32 Å². The summed E-state index contributed by atoms with van der Waals surface area (Å²) in [5, 5.41) is 22.7. The number of nitrogens with one attached hydrogen (secondary N) is 1. The molecule has 0 aliphatic carbocycles. The van der Waals surface area contributed by atoms with E-state index in [2.05, 4.69) is 55.6 Å². The third kappa shape index (κ3) is 31.6. The van der Waals surface area contributed by atoms with Gasteiger partial charge >= 0.3 is 0 Å². The van der Waals surface area contributed by atoms with Gasteiger partial charge in [-0.15, -0.1) is 0 Å². The number of hydrogen-bond acceptors (Lipinski definition) is 3. The Hall–Kier alpha value is -1.65. The average molecular weight is 602 g/mol. The van der Waals surface area contributed by atoms with Gasteiger partial charge in [0.2, 0.25) is 5.91 Å². The van der Waals surface area contributed by atoms with Gasteiger partial charge in [0.25, 0.3) is 0 Å². The summed E-state index contributed by atoms with van der Waals surface area (Å²) in [6.45, 7) is 4.24. The summed E-state index contributed by atoms with van der Waals surface area (Å²) in [5.41, 5.74) is 0. The number of aliphatic hydroxyl groups is 2. The number of aliphatic hydroxyl groups excluding tert-OH is 2. The Labute approximate surface area is 267 Å². The lowest BCUT2D eigenvalue weighted by atomic mass is 10.1. The zero-order chi connectivity index (χ0) is 31.5. The van der Waals surface area contributed by atoms with Gasteiger partial charge in [0, 0.05) is 6.42 Å². The van der Waals surface area contributed by atoms with E-state index in [0.717, 1.165) is 38.5 Å². The smallest absolute Gasteiger partial charge is 0.220 e. The molecule has 2 atom stereocenters. The summed E-state index contributed by atoms with van der Waals surface area (Å²) in [6, 6.07) is -0.624. The number of allylic oxidation sites excluding steroid dienone is 7. The first-order valence-electron chi connectivity index (χ1n) is 18.4. The molecule has 0 aliphatic rings. The van der Waals surface area contributed by atoms with Crippen LogP contribution in [-0.4, -0.2) is 34.9 Å². The second kappa shape index (κ2) is 34.8. The van der Waals surface area contributed by atoms with Gasteiger partial charge in [-0.25, -0.2) is 0 Å². The summed E-state index contributed by atoms with van der Waals surface area (Å²) >= 11 is 0. The Bertz CT molecular complexity index is 697. The van der Waals surface area contributed by atoms with E-state index >= 15 is 0 Å². The zero-order valence-electron chi connectivity index (χ0n) is 28.5. The lowest BCUT2D eigenvalue weighted by Crippen LogP contribution is -2.45. The molecule has 0 rings (SSSR count). The van der Waals surface area contributed by atoms with Crippen LogP contribution >= 0.6 is 0 Å². The van der Waals surface area contributed by atoms with Gasteiger partial charge in [-0.3, -0.25) is 4.79 Å². The highest BCUT2D eigenvalue weighted by molar-refractivity contribution is 5.76. The van der Waals surface area contributed by atoms with Crippen molar-refractivity contribution in [1.82, 2.24) is 5.32 Å². The summed E-state index contributed by atoms with van der Waals surface area (Å²) in [7, 11) is 0. The minimum absolute atomic E-state index is 0.0775. The van der Waals surface area contributed by atoms with Crippen molar-refractivity contribution in [1.29, 1.82) is 0 Å². The van der Waals surface area contributed by atoms with Crippen LogP contribution in [0.2, 0.25) is 0 Å². The molecule has 0 aliphatic heterocycles. The van der Waals surface area contributed by atoms with Crippen LogP contribution in [0.15, 0.2) is 48.6 Å². The molecule has 2 unspecified atom stereocenters. The number of rotatable bonds is 32. The lowest BCUT2D eigenvalue weighted by Gasteiger charge is -2.20. The maximum absolute atomic E-state index is 12.3. The van der Waals surface area contributed by atoms with Crippen molar-refractivity contribution >= 4 is 5.91 Å². The van der Waals surface area contributed by atoms with E-state index in [-0.39, 0.29) is 12.5 Å². The molecule has 0 radical (unpaired) electrons. The van der Waals surface area contributed by atoms with E-state index in [0.29, 0.717) is 6.42 Å². The summed E-state index contributed by atoms with van der Waals surface area (Å²) < 4.78 is 0. The molecule has 0 fully saturated rings. The molecule has 3 N–H and O–H groups in total. The SMILES string of the molecule is CCCCCCC/C=C\C/C=C\C/C=C\CCCCCCCCCCC(=O)NC(CO)C(O)/C=C/CCCCCCCC. The van der Waals surface area contributed by atoms with Crippen LogP contribution in [-0.2, 0) is 4.79 Å². The normalized spacial score (nSPS) is 13.7. The van der Waals surface area contributed by atoms with Gasteiger partial charge in [-0.1, -0.05) is 159 Å². The van der Waals surface area contributed by atoms with Crippen LogP contribution in [0, 0.1) is 0 Å². The molecule has 250 valence electrons. The van der Waals surface area contributed by atoms with Crippen molar-refractivity contribution in [2.75, 3.05) is 6.61 Å². The Morgan fingerprint density at radius 1 is 0.558 bits per heavy atom. The number of unbranched alkanes of at least 4 members (excludes halogenated alkanes) is 19. The summed E-state index contributed by atoms with van der Waals surface area (Å²) in [5.74, 6) is -0.0775. The Balaban J connectivity index is 3.60. The molecule has 43 heavy (non-hydrogen) atoms. The second-order valence-corrected chi connectivity index (χ2v) is 12.3. The van der Waals surface area contributed by atoms with Crippen molar-refractivity contribution < 1.29 is 15.0 Å². The fraction of sp³-hybridized carbons (Fsp3) is 0.769. The van der Waals surface area contributed by atoms with E-state index < -0.39 is 12.1 Å². The molecule has 0 aromatic heterocycles. The molecule has 0 saturated carbocycles. The van der Waals surface area contributed by atoms with E-state index in [9.17, 15) is 15.0 Å². The molecule has 0 aromatic carbocycles. The van der Waals surface area contributed by atoms with E-state index in [1.165, 1.54) is 116 Å². The second-order valence-electron chi connectivity index (χ2n) is 12.3. The quantitative estimate of drug-likeness (QED) is 0.0530. The van der Waals surface area contributed by atoms with Gasteiger partial charge in [0.1, 0.15) is 0 Å². The van der Waals surface area contributed by atoms with Gasteiger partial charge < -0.3 is 15.5 Å². The van der Waals surface area contributed by atoms with E-state index in [1.54, 1.807) is 6.08 Å². The predicted octanol–water partition coefficient (Wildman–Crippen LogP) is 10.8. The summed E-state index contributed by atoms with van der Waals surface area (Å²) in [4.78, 5) is 12.3. The van der Waals surface area contributed by atoms with E-state index in [1.807, 2.05) is 6.08 Å². The first-order chi connectivity index (χ1) is 21.2. The minimum atomic E-state index is -0.839. The lowest BCUT2D eigenvalue weighted by molar-refractivity contribution is -0.123. The van der Waals surface area contributed by atoms with Gasteiger partial charge in [0.15, 0.2) is 0 Å². The molecular weight excluding hydrogens is 530 g/mol. The topological polar surface area (TPSA) is 69.6 Å². The van der Waals surface area contributed by atoms with Gasteiger partial charge in [-0.2, -0.15) is 0 Å². The highest BCUT2D eigenvalue weighted by atomic mass is 16.3. The van der Waals surface area contributed by atoms with Crippen LogP contribution in [0.25, 0.3) is 0 Å². The first kappa shape index (κ1) is 41.4. The fourth-order valence-corrected chi connectivity index (χ4v) is 5.18. The molecule has 0 heterocycles. The Kier molecular flexibility index (Phi) is 33.5. The molecule has 1 amide bonds. The van der Waals surface area contributed by atoms with Gasteiger partial charge in [-0.05, 0) is 57.8 Å². The van der Waals surface area contributed by atoms with Crippen molar-refractivity contribution in [3.05, 3.63) is 48.6 Å². The Morgan fingerprint density at radius 2 is 0.953 bits per heavy atom. The number of carbonyl (C=O) groups is 1. The summed E-state index contributed by atoms with van der Waals surface area (Å²) in [6.07, 6.45) is 46.3. The van der Waals surface area contributed by atoms with Crippen molar-refractivity contribution in [3.63, 3.8) is 0 Å². The average Bonchev–Trinajstić information content (AvgIpc) is 3.01. The number of carbonyl (C=O) groups excluding carboxylic acids is 1. The maximum atomic E-state index is 12.3. The zero-order valence-corrected chi connectivity index (χ0v) is 28.5. The highest BCUT2D eigenvalue weighted by Gasteiger charge is 2.17. The third-order valence-corrected chi connectivity index (χ3v) is 8.06. The van der Waals surface area contributed by atoms with E-state index in [4.69, 9.17) is 0 Å². The van der Waals surface area contributed by atoms with Crippen LogP contribution in [0.5, 0.6) is 0 Å². The van der Waals surface area contributed by atoms with Crippen molar-refractivity contribution in [2.45, 2.75) is 187 Å².